The van der Waals surface area contributed by atoms with Gasteiger partial charge in [0.1, 0.15) is 11.2 Å². The zero-order valence-electron chi connectivity index (χ0n) is 27.7. The molecule has 1 atom stereocenters. The number of likely N-dealkylation sites (tertiary alicyclic amines) is 1. The number of rotatable bonds is 13. The van der Waals surface area contributed by atoms with E-state index in [0.717, 1.165) is 70.6 Å². The maximum Gasteiger partial charge on any atom is 0.410 e. The normalized spacial score (nSPS) is 22.9. The Hall–Kier alpha value is -1.26. The topological polar surface area (TPSA) is 55.8 Å². The average molecular weight is 550 g/mol. The quantitative estimate of drug-likeness (QED) is 0.215. The molecule has 1 unspecified atom stereocenters. The number of ether oxygens (including phenoxy) is 2. The number of carbonyl (C=O) groups excluding carboxylic acids is 2. The van der Waals surface area contributed by atoms with Crippen LogP contribution in [0.3, 0.4) is 0 Å². The highest BCUT2D eigenvalue weighted by molar-refractivity contribution is 5.82. The van der Waals surface area contributed by atoms with Crippen molar-refractivity contribution in [3.8, 4) is 0 Å². The molecule has 5 nitrogen and oxygen atoms in total. The van der Waals surface area contributed by atoms with Gasteiger partial charge in [-0.15, -0.1) is 0 Å². The Morgan fingerprint density at radius 3 is 1.56 bits per heavy atom. The number of nitrogens with zero attached hydrogens (tertiary/aromatic N) is 1. The summed E-state index contributed by atoms with van der Waals surface area (Å²) >= 11 is 0. The Morgan fingerprint density at radius 2 is 1.23 bits per heavy atom. The van der Waals surface area contributed by atoms with Crippen LogP contribution in [-0.4, -0.2) is 41.3 Å². The van der Waals surface area contributed by atoms with Gasteiger partial charge in [-0.05, 0) is 62.2 Å². The molecule has 0 aromatic carbocycles. The van der Waals surface area contributed by atoms with Gasteiger partial charge in [0.2, 0.25) is 0 Å². The molecule has 0 aromatic heterocycles. The van der Waals surface area contributed by atoms with E-state index in [1.165, 1.54) is 0 Å². The Balaban J connectivity index is 2.19. The Morgan fingerprint density at radius 1 is 0.795 bits per heavy atom. The minimum absolute atomic E-state index is 0.0360. The molecule has 0 spiro atoms. The van der Waals surface area contributed by atoms with E-state index < -0.39 is 11.0 Å². The van der Waals surface area contributed by atoms with E-state index in [1.807, 2.05) is 4.90 Å². The number of hydrogen-bond donors (Lipinski definition) is 0. The highest BCUT2D eigenvalue weighted by Crippen LogP contribution is 2.69. The summed E-state index contributed by atoms with van der Waals surface area (Å²) in [5.41, 5.74) is -1.59. The summed E-state index contributed by atoms with van der Waals surface area (Å²) in [6.07, 6.45) is 12.2. The van der Waals surface area contributed by atoms with Gasteiger partial charge in [-0.3, -0.25) is 4.79 Å². The second-order valence-corrected chi connectivity index (χ2v) is 15.9. The minimum atomic E-state index is -0.589. The summed E-state index contributed by atoms with van der Waals surface area (Å²) in [7, 11) is 0. The molecule has 2 rings (SSSR count). The Labute approximate surface area is 241 Å². The smallest absolute Gasteiger partial charge is 0.410 e. The third-order valence-electron chi connectivity index (χ3n) is 9.88. The van der Waals surface area contributed by atoms with Crippen molar-refractivity contribution in [1.82, 2.24) is 4.90 Å². The lowest BCUT2D eigenvalue weighted by atomic mass is 9.70. The summed E-state index contributed by atoms with van der Waals surface area (Å²) in [5, 5.41) is 0. The molecule has 1 saturated carbocycles. The molecule has 1 heterocycles. The maximum atomic E-state index is 13.9. The average Bonchev–Trinajstić information content (AvgIpc) is 3.38. The van der Waals surface area contributed by atoms with Gasteiger partial charge in [-0.25, -0.2) is 4.79 Å². The number of esters is 1. The van der Waals surface area contributed by atoms with Crippen LogP contribution in [0.25, 0.3) is 0 Å². The fourth-order valence-electron chi connectivity index (χ4n) is 6.94. The van der Waals surface area contributed by atoms with E-state index in [9.17, 15) is 9.59 Å². The van der Waals surface area contributed by atoms with Gasteiger partial charge >= 0.3 is 12.1 Å². The van der Waals surface area contributed by atoms with E-state index in [1.54, 1.807) is 0 Å². The van der Waals surface area contributed by atoms with Crippen LogP contribution in [0.4, 0.5) is 4.79 Å². The van der Waals surface area contributed by atoms with Crippen molar-refractivity contribution in [2.24, 2.45) is 21.7 Å². The molecular weight excluding hydrogens is 486 g/mol. The van der Waals surface area contributed by atoms with E-state index >= 15 is 0 Å². The van der Waals surface area contributed by atoms with Crippen LogP contribution in [-0.2, 0) is 14.3 Å². The summed E-state index contributed by atoms with van der Waals surface area (Å²) in [4.78, 5) is 29.4. The van der Waals surface area contributed by atoms with Crippen molar-refractivity contribution < 1.29 is 19.1 Å². The molecule has 1 aliphatic heterocycles. The van der Waals surface area contributed by atoms with Crippen molar-refractivity contribution in [3.63, 3.8) is 0 Å². The molecule has 228 valence electrons. The first kappa shape index (κ1) is 33.9. The molecule has 0 aromatic rings. The SMILES string of the molecule is CCCCC(CCCC)(CCCC)OC(=O)N1CCC(OC(=O)C2(CC(C)(C)C)CC2(C)C)(C(C)(C)C)CC1. The Bertz CT molecular complexity index is 788. The first-order valence-electron chi connectivity index (χ1n) is 16.1. The van der Waals surface area contributed by atoms with Crippen molar-refractivity contribution in [2.45, 2.75) is 171 Å². The first-order valence-corrected chi connectivity index (χ1v) is 16.1. The third-order valence-corrected chi connectivity index (χ3v) is 9.88. The van der Waals surface area contributed by atoms with Crippen molar-refractivity contribution in [1.29, 1.82) is 0 Å². The molecule has 2 fully saturated rings. The fraction of sp³-hybridized carbons (Fsp3) is 0.941. The summed E-state index contributed by atoms with van der Waals surface area (Å²) in [5.74, 6) is -0.0360. The van der Waals surface area contributed by atoms with Crippen LogP contribution in [0.5, 0.6) is 0 Å². The van der Waals surface area contributed by atoms with Crippen LogP contribution in [0.2, 0.25) is 0 Å². The monoisotopic (exact) mass is 549 g/mol. The molecule has 0 bridgehead atoms. The second-order valence-electron chi connectivity index (χ2n) is 15.9. The number of amides is 1. The highest BCUT2D eigenvalue weighted by Gasteiger charge is 2.69. The molecule has 39 heavy (non-hydrogen) atoms. The van der Waals surface area contributed by atoms with Crippen molar-refractivity contribution in [2.75, 3.05) is 13.1 Å². The van der Waals surface area contributed by atoms with Crippen molar-refractivity contribution >= 4 is 12.1 Å². The standard InChI is InChI=1S/C34H63NO4/c1-12-15-18-32(19-16-13-2,20-17-14-3)39-28(37)35-23-21-34(22-24-35,30(7,8)9)38-27(36)33(25-29(4,5)6)26-31(33,10)11/h12-26H2,1-11H3. The lowest BCUT2D eigenvalue weighted by Crippen LogP contribution is -2.57. The van der Waals surface area contributed by atoms with E-state index in [2.05, 4.69) is 76.2 Å². The molecule has 1 amide bonds. The zero-order chi connectivity index (χ0) is 29.8. The molecular formula is C34H63NO4. The Kier molecular flexibility index (Phi) is 11.1. The molecule has 1 saturated heterocycles. The first-order chi connectivity index (χ1) is 17.9. The summed E-state index contributed by atoms with van der Waals surface area (Å²) in [6.45, 7) is 25.3. The van der Waals surface area contributed by atoms with Crippen LogP contribution >= 0.6 is 0 Å². The van der Waals surface area contributed by atoms with Crippen molar-refractivity contribution in [3.05, 3.63) is 0 Å². The fourth-order valence-corrected chi connectivity index (χ4v) is 6.94. The molecule has 2 aliphatic rings. The number of unbranched alkanes of at least 4 members (excludes halogenated alkanes) is 3. The molecule has 5 heteroatoms. The van der Waals surface area contributed by atoms with Gasteiger partial charge in [0.25, 0.3) is 0 Å². The van der Waals surface area contributed by atoms with Gasteiger partial charge in [-0.1, -0.05) is 95.4 Å². The molecule has 0 radical (unpaired) electrons. The highest BCUT2D eigenvalue weighted by atomic mass is 16.6. The third kappa shape index (κ3) is 8.15. The maximum absolute atomic E-state index is 13.9. The largest absolute Gasteiger partial charge is 0.458 e. The number of hydrogen-bond acceptors (Lipinski definition) is 4. The van der Waals surface area contributed by atoms with E-state index in [4.69, 9.17) is 9.47 Å². The summed E-state index contributed by atoms with van der Waals surface area (Å²) < 4.78 is 13.1. The van der Waals surface area contributed by atoms with Crippen LogP contribution in [0, 0.1) is 21.7 Å². The second kappa shape index (κ2) is 12.7. The molecule has 1 aliphatic carbocycles. The van der Waals surface area contributed by atoms with Gasteiger partial charge in [0.05, 0.1) is 5.41 Å². The van der Waals surface area contributed by atoms with Gasteiger partial charge in [0.15, 0.2) is 0 Å². The van der Waals surface area contributed by atoms with Crippen LogP contribution in [0.15, 0.2) is 0 Å². The summed E-state index contributed by atoms with van der Waals surface area (Å²) in [6, 6.07) is 0. The van der Waals surface area contributed by atoms with E-state index in [0.29, 0.717) is 25.9 Å². The lowest BCUT2D eigenvalue weighted by Gasteiger charge is -2.49. The zero-order valence-corrected chi connectivity index (χ0v) is 27.7. The number of piperidine rings is 1. The van der Waals surface area contributed by atoms with Gasteiger partial charge in [-0.2, -0.15) is 0 Å². The molecule has 0 N–H and O–H groups in total. The lowest BCUT2D eigenvalue weighted by molar-refractivity contribution is -0.191. The van der Waals surface area contributed by atoms with E-state index in [-0.39, 0.29) is 33.9 Å². The van der Waals surface area contributed by atoms with Gasteiger partial charge in [0, 0.05) is 31.3 Å². The predicted octanol–water partition coefficient (Wildman–Crippen LogP) is 9.71. The van der Waals surface area contributed by atoms with Crippen LogP contribution in [0.1, 0.15) is 160 Å². The van der Waals surface area contributed by atoms with Crippen LogP contribution < -0.4 is 0 Å². The van der Waals surface area contributed by atoms with Gasteiger partial charge < -0.3 is 14.4 Å². The minimum Gasteiger partial charge on any atom is -0.458 e. The number of carbonyl (C=O) groups is 2. The predicted molar refractivity (Wildman–Crippen MR) is 162 cm³/mol.